The number of nitrogens with one attached hydrogen (secondary N) is 1. The fraction of sp³-hybridized carbons (Fsp3) is 0.857. The molecule has 1 unspecified atom stereocenters. The maximum atomic E-state index is 11.0. The number of nitrogens with zero attached hydrogens (tertiary/aromatic N) is 1. The second kappa shape index (κ2) is 4.57. The van der Waals surface area contributed by atoms with E-state index in [4.69, 9.17) is 0 Å². The first-order chi connectivity index (χ1) is 5.74. The van der Waals surface area contributed by atoms with Crippen LogP contribution in [-0.4, -0.2) is 40.3 Å². The molecule has 0 bridgehead atoms. The van der Waals surface area contributed by atoms with Gasteiger partial charge < -0.3 is 5.32 Å². The van der Waals surface area contributed by atoms with Crippen LogP contribution in [0.4, 0.5) is 0 Å². The maximum absolute atomic E-state index is 11.0. The fourth-order valence-electron chi connectivity index (χ4n) is 1.38. The van der Waals surface area contributed by atoms with Gasteiger partial charge in [-0.05, 0) is 12.8 Å². The zero-order valence-electron chi connectivity index (χ0n) is 7.16. The lowest BCUT2D eigenvalue weighted by Crippen LogP contribution is -2.42. The Morgan fingerprint density at radius 3 is 2.50 bits per heavy atom. The second-order valence-electron chi connectivity index (χ2n) is 2.91. The number of hydrogen-bond acceptors (Lipinski definition) is 2. The molecule has 0 spiro atoms. The average molecular weight is 190 g/mol. The van der Waals surface area contributed by atoms with Crippen molar-refractivity contribution in [3.8, 4) is 0 Å². The van der Waals surface area contributed by atoms with Crippen molar-refractivity contribution < 1.29 is 9.00 Å². The van der Waals surface area contributed by atoms with Gasteiger partial charge in [0.1, 0.15) is 0 Å². The Balaban J connectivity index is 2.29. The van der Waals surface area contributed by atoms with Gasteiger partial charge in [0.2, 0.25) is 6.41 Å². The highest BCUT2D eigenvalue weighted by molar-refractivity contribution is 7.81. The number of rotatable bonds is 3. The normalized spacial score (nSPS) is 23.4. The quantitative estimate of drug-likeness (QED) is 0.609. The van der Waals surface area contributed by atoms with Crippen LogP contribution in [0.15, 0.2) is 0 Å². The van der Waals surface area contributed by atoms with Crippen molar-refractivity contribution in [2.24, 2.45) is 0 Å². The smallest absolute Gasteiger partial charge is 0.207 e. The Morgan fingerprint density at radius 1 is 1.50 bits per heavy atom. The molecular formula is C7H14N2O2S. The first-order valence-electron chi connectivity index (χ1n) is 4.02. The van der Waals surface area contributed by atoms with E-state index in [2.05, 4.69) is 5.32 Å². The van der Waals surface area contributed by atoms with Crippen LogP contribution in [0.5, 0.6) is 0 Å². The lowest BCUT2D eigenvalue weighted by molar-refractivity contribution is -0.110. The molecule has 4 nitrogen and oxygen atoms in total. The third kappa shape index (κ3) is 2.57. The van der Waals surface area contributed by atoms with E-state index in [1.165, 1.54) is 0 Å². The average Bonchev–Trinajstić information content (AvgIpc) is 2.06. The molecule has 12 heavy (non-hydrogen) atoms. The maximum Gasteiger partial charge on any atom is 0.207 e. The van der Waals surface area contributed by atoms with Gasteiger partial charge in [-0.2, -0.15) is 0 Å². The molecule has 1 aliphatic heterocycles. The van der Waals surface area contributed by atoms with Crippen LogP contribution in [0.3, 0.4) is 0 Å². The Bertz CT molecular complexity index is 178. The molecule has 1 atom stereocenters. The van der Waals surface area contributed by atoms with Crippen molar-refractivity contribution in [3.05, 3.63) is 0 Å². The summed E-state index contributed by atoms with van der Waals surface area (Å²) >= 11 is 0. The van der Waals surface area contributed by atoms with E-state index in [9.17, 15) is 9.00 Å². The molecule has 0 aromatic heterocycles. The largest absolute Gasteiger partial charge is 0.356 e. The van der Waals surface area contributed by atoms with E-state index in [0.717, 1.165) is 32.3 Å². The SMILES string of the molecule is CS(=O)N1CCC(NC=O)CC1. The summed E-state index contributed by atoms with van der Waals surface area (Å²) < 4.78 is 12.9. The van der Waals surface area contributed by atoms with Crippen molar-refractivity contribution in [2.45, 2.75) is 18.9 Å². The van der Waals surface area contributed by atoms with Gasteiger partial charge in [-0.1, -0.05) is 0 Å². The predicted molar refractivity (Wildman–Crippen MR) is 47.9 cm³/mol. The first-order valence-corrected chi connectivity index (χ1v) is 5.53. The highest BCUT2D eigenvalue weighted by atomic mass is 32.2. The summed E-state index contributed by atoms with van der Waals surface area (Å²) in [4.78, 5) is 10.1. The first kappa shape index (κ1) is 9.67. The third-order valence-electron chi connectivity index (χ3n) is 2.12. The molecule has 0 aromatic rings. The molecule has 70 valence electrons. The van der Waals surface area contributed by atoms with Gasteiger partial charge in [-0.15, -0.1) is 0 Å². The van der Waals surface area contributed by atoms with E-state index in [1.54, 1.807) is 6.26 Å². The van der Waals surface area contributed by atoms with Gasteiger partial charge in [-0.3, -0.25) is 4.79 Å². The summed E-state index contributed by atoms with van der Waals surface area (Å²) in [7, 11) is -0.854. The van der Waals surface area contributed by atoms with Crippen LogP contribution in [0, 0.1) is 0 Å². The molecule has 1 saturated heterocycles. The van der Waals surface area contributed by atoms with Gasteiger partial charge in [0, 0.05) is 25.4 Å². The summed E-state index contributed by atoms with van der Waals surface area (Å²) in [5.41, 5.74) is 0. The van der Waals surface area contributed by atoms with Crippen LogP contribution >= 0.6 is 0 Å². The number of carbonyl (C=O) groups excluding carboxylic acids is 1. The van der Waals surface area contributed by atoms with E-state index in [0.29, 0.717) is 0 Å². The number of carbonyl (C=O) groups is 1. The standard InChI is InChI=1S/C7H14N2O2S/c1-12(11)9-4-2-7(3-5-9)8-6-10/h6-7H,2-5H2,1H3,(H,8,10). The van der Waals surface area contributed by atoms with Crippen LogP contribution in [0.25, 0.3) is 0 Å². The minimum Gasteiger partial charge on any atom is -0.356 e. The second-order valence-corrected chi connectivity index (χ2v) is 4.28. The van der Waals surface area contributed by atoms with Crippen molar-refractivity contribution in [1.82, 2.24) is 9.62 Å². The summed E-state index contributed by atoms with van der Waals surface area (Å²) in [6.07, 6.45) is 4.23. The van der Waals surface area contributed by atoms with Gasteiger partial charge in [-0.25, -0.2) is 8.51 Å². The van der Waals surface area contributed by atoms with E-state index >= 15 is 0 Å². The Hall–Kier alpha value is -0.420. The lowest BCUT2D eigenvalue weighted by Gasteiger charge is -2.29. The zero-order chi connectivity index (χ0) is 8.97. The van der Waals surface area contributed by atoms with Crippen molar-refractivity contribution in [1.29, 1.82) is 0 Å². The van der Waals surface area contributed by atoms with Gasteiger partial charge in [0.15, 0.2) is 0 Å². The molecule has 0 aromatic carbocycles. The molecule has 0 radical (unpaired) electrons. The molecule has 1 amide bonds. The van der Waals surface area contributed by atoms with E-state index < -0.39 is 11.0 Å². The number of amides is 1. The highest BCUT2D eigenvalue weighted by Gasteiger charge is 2.19. The molecule has 5 heteroatoms. The topological polar surface area (TPSA) is 49.4 Å². The highest BCUT2D eigenvalue weighted by Crippen LogP contribution is 2.10. The molecule has 1 fully saturated rings. The van der Waals surface area contributed by atoms with Crippen LogP contribution in [-0.2, 0) is 15.8 Å². The molecule has 1 N–H and O–H groups in total. The Kier molecular flexibility index (Phi) is 3.68. The van der Waals surface area contributed by atoms with Crippen LogP contribution in [0.1, 0.15) is 12.8 Å². The third-order valence-corrected chi connectivity index (χ3v) is 3.21. The van der Waals surface area contributed by atoms with Gasteiger partial charge >= 0.3 is 0 Å². The van der Waals surface area contributed by atoms with Crippen molar-refractivity contribution in [3.63, 3.8) is 0 Å². The lowest BCUT2D eigenvalue weighted by atomic mass is 10.1. The molecule has 0 aliphatic carbocycles. The van der Waals surface area contributed by atoms with Crippen LogP contribution < -0.4 is 5.32 Å². The van der Waals surface area contributed by atoms with Crippen LogP contribution in [0.2, 0.25) is 0 Å². The molecular weight excluding hydrogens is 176 g/mol. The minimum absolute atomic E-state index is 0.280. The predicted octanol–water partition coefficient (Wildman–Crippen LogP) is -0.510. The van der Waals surface area contributed by atoms with E-state index in [-0.39, 0.29) is 6.04 Å². The number of piperidine rings is 1. The van der Waals surface area contributed by atoms with Gasteiger partial charge in [0.25, 0.3) is 0 Å². The molecule has 1 aliphatic rings. The molecule has 0 saturated carbocycles. The molecule has 1 heterocycles. The van der Waals surface area contributed by atoms with E-state index in [1.807, 2.05) is 4.31 Å². The number of hydrogen-bond donors (Lipinski definition) is 1. The summed E-state index contributed by atoms with van der Waals surface area (Å²) in [5.74, 6) is 0. The fourth-order valence-corrected chi connectivity index (χ4v) is 2.10. The van der Waals surface area contributed by atoms with Gasteiger partial charge in [0.05, 0.1) is 11.0 Å². The Morgan fingerprint density at radius 2 is 2.08 bits per heavy atom. The summed E-state index contributed by atoms with van der Waals surface area (Å²) in [5, 5.41) is 2.74. The van der Waals surface area contributed by atoms with Crippen molar-refractivity contribution in [2.75, 3.05) is 19.3 Å². The Labute approximate surface area is 74.9 Å². The summed E-state index contributed by atoms with van der Waals surface area (Å²) in [6.45, 7) is 1.63. The minimum atomic E-state index is -0.854. The van der Waals surface area contributed by atoms with Crippen molar-refractivity contribution >= 4 is 17.4 Å². The zero-order valence-corrected chi connectivity index (χ0v) is 7.97. The summed E-state index contributed by atoms with van der Waals surface area (Å²) in [6, 6.07) is 0.280. The monoisotopic (exact) mass is 190 g/mol. The molecule has 1 rings (SSSR count).